The molecule has 2 atom stereocenters. The summed E-state index contributed by atoms with van der Waals surface area (Å²) in [6.07, 6.45) is -0.693. The summed E-state index contributed by atoms with van der Waals surface area (Å²) in [7, 11) is 0. The summed E-state index contributed by atoms with van der Waals surface area (Å²) in [5, 5.41) is 13.8. The summed E-state index contributed by atoms with van der Waals surface area (Å²) < 4.78 is 17.0. The number of para-hydroxylation sites is 2. The van der Waals surface area contributed by atoms with E-state index in [0.29, 0.717) is 30.5 Å². The molecule has 0 bridgehead atoms. The van der Waals surface area contributed by atoms with Crippen LogP contribution < -0.4 is 31.9 Å². The Kier molecular flexibility index (Phi) is 7.65. The summed E-state index contributed by atoms with van der Waals surface area (Å²) in [5.41, 5.74) is 0. The highest BCUT2D eigenvalue weighted by Crippen LogP contribution is 2.30. The number of hydrogen-bond acceptors (Lipinski definition) is 5. The Bertz CT molecular complexity index is 654. The van der Waals surface area contributed by atoms with Crippen LogP contribution in [0.25, 0.3) is 0 Å². The maximum Gasteiger partial charge on any atom is 0.161 e. The van der Waals surface area contributed by atoms with Gasteiger partial charge in [-0.25, -0.2) is 0 Å². The van der Waals surface area contributed by atoms with Crippen LogP contribution in [-0.4, -0.2) is 43.6 Å². The standard InChI is InChI=1S/C18H20ClNO4.ClH/c19-13-5-7-15(8-6-13)22-11-14(21)9-20-10-16-12-23-17-3-1-2-4-18(17)24-16;/h1-8,14,16,20-21H,9-12H2;1H/p-1. The van der Waals surface area contributed by atoms with E-state index in [0.717, 1.165) is 11.5 Å². The molecule has 5 nitrogen and oxygen atoms in total. The van der Waals surface area contributed by atoms with Crippen LogP contribution in [0.4, 0.5) is 0 Å². The van der Waals surface area contributed by atoms with E-state index in [2.05, 4.69) is 5.32 Å². The van der Waals surface area contributed by atoms with Crippen LogP contribution in [0, 0.1) is 0 Å². The van der Waals surface area contributed by atoms with Crippen LogP contribution in [-0.2, 0) is 0 Å². The molecule has 2 unspecified atom stereocenters. The predicted molar refractivity (Wildman–Crippen MR) is 92.2 cm³/mol. The fourth-order valence-corrected chi connectivity index (χ4v) is 2.48. The van der Waals surface area contributed by atoms with Crippen LogP contribution in [0.3, 0.4) is 0 Å². The van der Waals surface area contributed by atoms with Gasteiger partial charge in [0, 0.05) is 18.1 Å². The van der Waals surface area contributed by atoms with Gasteiger partial charge in [-0.3, -0.25) is 0 Å². The fraction of sp³-hybridized carbons (Fsp3) is 0.333. The number of ether oxygens (including phenoxy) is 3. The molecule has 0 saturated carbocycles. The Morgan fingerprint density at radius 1 is 1.16 bits per heavy atom. The lowest BCUT2D eigenvalue weighted by molar-refractivity contribution is -0.00000758. The van der Waals surface area contributed by atoms with Gasteiger partial charge in [0.15, 0.2) is 11.5 Å². The molecule has 0 radical (unpaired) electrons. The first-order valence-electron chi connectivity index (χ1n) is 7.86. The molecule has 2 aromatic rings. The minimum Gasteiger partial charge on any atom is -1.00 e. The Balaban J connectivity index is 0.00000225. The quantitative estimate of drug-likeness (QED) is 0.674. The molecule has 1 heterocycles. The highest BCUT2D eigenvalue weighted by atomic mass is 35.5. The first-order valence-corrected chi connectivity index (χ1v) is 8.24. The summed E-state index contributed by atoms with van der Waals surface area (Å²) in [4.78, 5) is 0. The number of hydrogen-bond donors (Lipinski definition) is 2. The molecule has 0 aliphatic carbocycles. The Morgan fingerprint density at radius 2 is 1.88 bits per heavy atom. The van der Waals surface area contributed by atoms with E-state index in [4.69, 9.17) is 25.8 Å². The van der Waals surface area contributed by atoms with Gasteiger partial charge in [0.05, 0.1) is 0 Å². The topological polar surface area (TPSA) is 60.0 Å². The molecule has 0 aromatic heterocycles. The molecule has 25 heavy (non-hydrogen) atoms. The van der Waals surface area contributed by atoms with Crippen LogP contribution in [0.5, 0.6) is 17.2 Å². The van der Waals surface area contributed by atoms with Gasteiger partial charge in [-0.15, -0.1) is 0 Å². The third-order valence-corrected chi connectivity index (χ3v) is 3.83. The van der Waals surface area contributed by atoms with Gasteiger partial charge in [-0.2, -0.15) is 0 Å². The average molecular weight is 385 g/mol. The van der Waals surface area contributed by atoms with Gasteiger partial charge in [0.25, 0.3) is 0 Å². The van der Waals surface area contributed by atoms with E-state index >= 15 is 0 Å². The fourth-order valence-electron chi connectivity index (χ4n) is 2.36. The van der Waals surface area contributed by atoms with Crippen LogP contribution >= 0.6 is 11.6 Å². The number of aliphatic hydroxyl groups is 1. The van der Waals surface area contributed by atoms with E-state index in [1.807, 2.05) is 24.3 Å². The number of benzene rings is 2. The maximum atomic E-state index is 9.97. The van der Waals surface area contributed by atoms with Crippen molar-refractivity contribution < 1.29 is 31.7 Å². The highest BCUT2D eigenvalue weighted by molar-refractivity contribution is 6.30. The van der Waals surface area contributed by atoms with E-state index in [9.17, 15) is 5.11 Å². The highest BCUT2D eigenvalue weighted by Gasteiger charge is 2.20. The molecule has 2 aromatic carbocycles. The molecule has 7 heteroatoms. The zero-order chi connectivity index (χ0) is 16.8. The Hall–Kier alpha value is -1.66. The van der Waals surface area contributed by atoms with Gasteiger partial charge < -0.3 is 37.0 Å². The first kappa shape index (κ1) is 19.7. The zero-order valence-corrected chi connectivity index (χ0v) is 15.0. The van der Waals surface area contributed by atoms with Gasteiger partial charge in [0.1, 0.15) is 31.2 Å². The molecule has 0 fully saturated rings. The van der Waals surface area contributed by atoms with E-state index in [1.165, 1.54) is 0 Å². The van der Waals surface area contributed by atoms with Crippen LogP contribution in [0.1, 0.15) is 0 Å². The average Bonchev–Trinajstić information content (AvgIpc) is 2.61. The molecular formula is C18H20Cl2NO4-. The molecule has 0 spiro atoms. The van der Waals surface area contributed by atoms with Gasteiger partial charge in [-0.05, 0) is 36.4 Å². The lowest BCUT2D eigenvalue weighted by Gasteiger charge is -2.27. The molecule has 0 amide bonds. The van der Waals surface area contributed by atoms with Crippen molar-refractivity contribution in [3.8, 4) is 17.2 Å². The van der Waals surface area contributed by atoms with Crippen molar-refractivity contribution in [3.05, 3.63) is 53.6 Å². The Morgan fingerprint density at radius 3 is 2.64 bits per heavy atom. The number of fused-ring (bicyclic) bond motifs is 1. The summed E-state index contributed by atoms with van der Waals surface area (Å²) in [6.45, 7) is 1.70. The molecule has 1 aliphatic heterocycles. The van der Waals surface area contributed by atoms with E-state index in [-0.39, 0.29) is 25.1 Å². The summed E-state index contributed by atoms with van der Waals surface area (Å²) in [5.74, 6) is 2.20. The van der Waals surface area contributed by atoms with Gasteiger partial charge in [0.2, 0.25) is 0 Å². The molecule has 2 N–H and O–H groups in total. The summed E-state index contributed by atoms with van der Waals surface area (Å²) in [6, 6.07) is 14.6. The van der Waals surface area contributed by atoms with E-state index < -0.39 is 6.10 Å². The molecule has 0 saturated heterocycles. The minimum atomic E-state index is -0.613. The molecule has 3 rings (SSSR count). The predicted octanol–water partition coefficient (Wildman–Crippen LogP) is -0.487. The largest absolute Gasteiger partial charge is 1.00 e. The number of aliphatic hydroxyl groups excluding tert-OH is 1. The second-order valence-corrected chi connectivity index (χ2v) is 6.01. The van der Waals surface area contributed by atoms with Gasteiger partial charge >= 0.3 is 0 Å². The Labute approximate surface area is 158 Å². The number of nitrogens with one attached hydrogen (secondary N) is 1. The molecule has 1 aliphatic rings. The molecular weight excluding hydrogens is 365 g/mol. The smallest absolute Gasteiger partial charge is 0.161 e. The van der Waals surface area contributed by atoms with Crippen molar-refractivity contribution >= 4 is 11.6 Å². The third-order valence-electron chi connectivity index (χ3n) is 3.58. The first-order chi connectivity index (χ1) is 11.7. The second-order valence-electron chi connectivity index (χ2n) is 5.57. The molecule has 136 valence electrons. The van der Waals surface area contributed by atoms with Crippen molar-refractivity contribution in [2.75, 3.05) is 26.3 Å². The lowest BCUT2D eigenvalue weighted by atomic mass is 10.2. The van der Waals surface area contributed by atoms with Crippen molar-refractivity contribution in [3.63, 3.8) is 0 Å². The maximum absolute atomic E-state index is 9.97. The monoisotopic (exact) mass is 384 g/mol. The van der Waals surface area contributed by atoms with Crippen LogP contribution in [0.15, 0.2) is 48.5 Å². The minimum absolute atomic E-state index is 0. The van der Waals surface area contributed by atoms with Crippen molar-refractivity contribution in [1.29, 1.82) is 0 Å². The third kappa shape index (κ3) is 5.97. The van der Waals surface area contributed by atoms with Gasteiger partial charge in [-0.1, -0.05) is 23.7 Å². The van der Waals surface area contributed by atoms with Crippen molar-refractivity contribution in [2.24, 2.45) is 0 Å². The van der Waals surface area contributed by atoms with E-state index in [1.54, 1.807) is 24.3 Å². The van der Waals surface area contributed by atoms with Crippen molar-refractivity contribution in [1.82, 2.24) is 5.32 Å². The SMILES string of the molecule is OC(CNCC1COc2ccccc2O1)COc1ccc(Cl)cc1.[Cl-]. The van der Waals surface area contributed by atoms with Crippen LogP contribution in [0.2, 0.25) is 5.02 Å². The lowest BCUT2D eigenvalue weighted by Crippen LogP contribution is -3.00. The number of rotatable bonds is 7. The zero-order valence-electron chi connectivity index (χ0n) is 13.5. The van der Waals surface area contributed by atoms with Crippen molar-refractivity contribution in [2.45, 2.75) is 12.2 Å². The normalized spacial score (nSPS) is 16.6. The number of halogens is 2. The second kappa shape index (κ2) is 9.73. The summed E-state index contributed by atoms with van der Waals surface area (Å²) >= 11 is 5.81.